The fraction of sp³-hybridized carbons (Fsp3) is 0.923. The third-order valence-electron chi connectivity index (χ3n) is 4.16. The predicted octanol–water partition coefficient (Wildman–Crippen LogP) is 2.36. The van der Waals surface area contributed by atoms with Crippen molar-refractivity contribution in [3.05, 3.63) is 0 Å². The highest BCUT2D eigenvalue weighted by Gasteiger charge is 2.26. The normalized spacial score (nSPS) is 31.5. The number of hydrogen-bond donors (Lipinski definition) is 1. The van der Waals surface area contributed by atoms with Gasteiger partial charge in [0.05, 0.1) is 6.04 Å². The third kappa shape index (κ3) is 2.89. The largest absolute Gasteiger partial charge is 0.370 e. The molecule has 0 aromatic carbocycles. The lowest BCUT2D eigenvalue weighted by Crippen LogP contribution is -2.43. The van der Waals surface area contributed by atoms with Crippen LogP contribution in [0, 0.1) is 5.92 Å². The van der Waals surface area contributed by atoms with E-state index in [2.05, 4.69) is 23.9 Å². The van der Waals surface area contributed by atoms with E-state index in [1.165, 1.54) is 44.9 Å². The van der Waals surface area contributed by atoms with Gasteiger partial charge in [0.15, 0.2) is 5.96 Å². The summed E-state index contributed by atoms with van der Waals surface area (Å²) in [6, 6.07) is 1.17. The Morgan fingerprint density at radius 2 is 1.81 bits per heavy atom. The lowest BCUT2D eigenvalue weighted by atomic mass is 9.84. The minimum atomic E-state index is 0.537. The zero-order valence-electron chi connectivity index (χ0n) is 10.7. The van der Waals surface area contributed by atoms with Crippen molar-refractivity contribution in [2.24, 2.45) is 16.6 Å². The van der Waals surface area contributed by atoms with E-state index in [-0.39, 0.29) is 0 Å². The predicted molar refractivity (Wildman–Crippen MR) is 68.4 cm³/mol. The van der Waals surface area contributed by atoms with Gasteiger partial charge in [-0.3, -0.25) is 0 Å². The number of rotatable bonds is 3. The van der Waals surface area contributed by atoms with E-state index in [0.29, 0.717) is 12.1 Å². The molecule has 3 nitrogen and oxygen atoms in total. The first-order valence-corrected chi connectivity index (χ1v) is 6.76. The average molecular weight is 223 g/mol. The molecule has 0 aromatic rings. The van der Waals surface area contributed by atoms with E-state index in [1.807, 2.05) is 0 Å². The van der Waals surface area contributed by atoms with Crippen molar-refractivity contribution in [2.75, 3.05) is 7.05 Å². The Morgan fingerprint density at radius 3 is 2.31 bits per heavy atom. The van der Waals surface area contributed by atoms with Crippen molar-refractivity contribution in [2.45, 2.75) is 64.0 Å². The summed E-state index contributed by atoms with van der Waals surface area (Å²) < 4.78 is 0. The molecule has 2 fully saturated rings. The Bertz CT molecular complexity index is 250. The Labute approximate surface area is 99.1 Å². The summed E-state index contributed by atoms with van der Waals surface area (Å²) in [4.78, 5) is 6.74. The zero-order chi connectivity index (χ0) is 11.5. The van der Waals surface area contributed by atoms with Gasteiger partial charge in [-0.05, 0) is 44.4 Å². The van der Waals surface area contributed by atoms with Crippen molar-refractivity contribution >= 4 is 5.96 Å². The van der Waals surface area contributed by atoms with Crippen LogP contribution in [0.1, 0.15) is 51.9 Å². The Morgan fingerprint density at radius 1 is 1.19 bits per heavy atom. The maximum Gasteiger partial charge on any atom is 0.191 e. The van der Waals surface area contributed by atoms with Crippen LogP contribution in [-0.2, 0) is 0 Å². The van der Waals surface area contributed by atoms with Crippen LogP contribution in [0.3, 0.4) is 0 Å². The highest BCUT2D eigenvalue weighted by molar-refractivity contribution is 5.78. The molecular formula is C13H25N3. The van der Waals surface area contributed by atoms with E-state index >= 15 is 0 Å². The molecule has 3 heteroatoms. The van der Waals surface area contributed by atoms with Gasteiger partial charge in [0.2, 0.25) is 0 Å². The molecule has 0 spiro atoms. The molecule has 0 saturated heterocycles. The lowest BCUT2D eigenvalue weighted by molar-refractivity contribution is 0.224. The van der Waals surface area contributed by atoms with E-state index in [1.54, 1.807) is 0 Å². The maximum atomic E-state index is 6.03. The molecule has 0 aliphatic heterocycles. The number of hydrogen-bond acceptors (Lipinski definition) is 1. The lowest BCUT2D eigenvalue weighted by Gasteiger charge is -2.35. The van der Waals surface area contributed by atoms with Crippen LogP contribution in [0.5, 0.6) is 0 Å². The van der Waals surface area contributed by atoms with Gasteiger partial charge in [0.25, 0.3) is 0 Å². The topological polar surface area (TPSA) is 41.6 Å². The van der Waals surface area contributed by atoms with Gasteiger partial charge in [-0.15, -0.1) is 0 Å². The fourth-order valence-corrected chi connectivity index (χ4v) is 2.61. The quantitative estimate of drug-likeness (QED) is 0.589. The maximum absolute atomic E-state index is 6.03. The van der Waals surface area contributed by atoms with Gasteiger partial charge in [0.1, 0.15) is 0 Å². The van der Waals surface area contributed by atoms with E-state index in [0.717, 1.165) is 11.9 Å². The van der Waals surface area contributed by atoms with E-state index < -0.39 is 0 Å². The van der Waals surface area contributed by atoms with Crippen molar-refractivity contribution in [3.63, 3.8) is 0 Å². The molecule has 92 valence electrons. The number of guanidine groups is 1. The highest BCUT2D eigenvalue weighted by Crippen LogP contribution is 2.29. The number of aliphatic imine (C=N–C) groups is 1. The Balaban J connectivity index is 1.83. The fourth-order valence-electron chi connectivity index (χ4n) is 2.61. The first-order chi connectivity index (χ1) is 7.70. The second-order valence-corrected chi connectivity index (χ2v) is 5.41. The summed E-state index contributed by atoms with van der Waals surface area (Å²) in [6.45, 7) is 2.30. The summed E-state index contributed by atoms with van der Waals surface area (Å²) in [5, 5.41) is 0. The molecule has 2 N–H and O–H groups in total. The van der Waals surface area contributed by atoms with Crippen LogP contribution in [0.25, 0.3) is 0 Å². The minimum Gasteiger partial charge on any atom is -0.370 e. The van der Waals surface area contributed by atoms with Gasteiger partial charge in [0, 0.05) is 13.1 Å². The number of nitrogens with zero attached hydrogens (tertiary/aromatic N) is 2. The van der Waals surface area contributed by atoms with Crippen LogP contribution in [-0.4, -0.2) is 30.0 Å². The molecule has 0 bridgehead atoms. The SMILES string of the molecule is CCC1CCC(N(C)C(N)=NC2CC2)CC1. The van der Waals surface area contributed by atoms with Crippen LogP contribution in [0.2, 0.25) is 0 Å². The number of nitrogens with two attached hydrogens (primary N) is 1. The van der Waals surface area contributed by atoms with Crippen LogP contribution >= 0.6 is 0 Å². The van der Waals surface area contributed by atoms with E-state index in [9.17, 15) is 0 Å². The van der Waals surface area contributed by atoms with Crippen molar-refractivity contribution in [1.29, 1.82) is 0 Å². The van der Waals surface area contributed by atoms with Gasteiger partial charge in [-0.25, -0.2) is 4.99 Å². The molecule has 2 rings (SSSR count). The summed E-state index contributed by atoms with van der Waals surface area (Å²) in [5.74, 6) is 1.72. The van der Waals surface area contributed by atoms with E-state index in [4.69, 9.17) is 5.73 Å². The molecule has 16 heavy (non-hydrogen) atoms. The van der Waals surface area contributed by atoms with Crippen molar-refractivity contribution in [1.82, 2.24) is 4.90 Å². The molecule has 0 atom stereocenters. The first-order valence-electron chi connectivity index (χ1n) is 6.76. The summed E-state index contributed by atoms with van der Waals surface area (Å²) >= 11 is 0. The molecule has 2 aliphatic carbocycles. The summed E-state index contributed by atoms with van der Waals surface area (Å²) in [7, 11) is 2.11. The first kappa shape index (κ1) is 11.7. The van der Waals surface area contributed by atoms with Gasteiger partial charge < -0.3 is 10.6 Å². The molecule has 0 radical (unpaired) electrons. The Kier molecular flexibility index (Phi) is 3.72. The summed E-state index contributed by atoms with van der Waals surface area (Å²) in [5.41, 5.74) is 6.03. The highest BCUT2D eigenvalue weighted by atomic mass is 15.3. The zero-order valence-corrected chi connectivity index (χ0v) is 10.7. The van der Waals surface area contributed by atoms with Gasteiger partial charge >= 0.3 is 0 Å². The smallest absolute Gasteiger partial charge is 0.191 e. The van der Waals surface area contributed by atoms with Crippen molar-refractivity contribution in [3.8, 4) is 0 Å². The second kappa shape index (κ2) is 5.07. The van der Waals surface area contributed by atoms with Crippen molar-refractivity contribution < 1.29 is 0 Å². The molecule has 0 aromatic heterocycles. The molecule has 0 heterocycles. The molecule has 2 saturated carbocycles. The standard InChI is InChI=1S/C13H25N3/c1-3-10-4-8-12(9-5-10)16(2)13(14)15-11-6-7-11/h10-12H,3-9H2,1-2H3,(H2,14,15). The Hall–Kier alpha value is -0.730. The van der Waals surface area contributed by atoms with Crippen LogP contribution in [0.15, 0.2) is 4.99 Å². The van der Waals surface area contributed by atoms with Gasteiger partial charge in [-0.2, -0.15) is 0 Å². The van der Waals surface area contributed by atoms with Crippen LogP contribution in [0.4, 0.5) is 0 Å². The summed E-state index contributed by atoms with van der Waals surface area (Å²) in [6.07, 6.45) is 9.10. The second-order valence-electron chi connectivity index (χ2n) is 5.41. The minimum absolute atomic E-state index is 0.537. The average Bonchev–Trinajstić information content (AvgIpc) is 3.12. The van der Waals surface area contributed by atoms with Gasteiger partial charge in [-0.1, -0.05) is 13.3 Å². The molecule has 0 unspecified atom stereocenters. The third-order valence-corrected chi connectivity index (χ3v) is 4.16. The van der Waals surface area contributed by atoms with Crippen LogP contribution < -0.4 is 5.73 Å². The monoisotopic (exact) mass is 223 g/mol. The molecular weight excluding hydrogens is 198 g/mol. The molecule has 0 amide bonds. The molecule has 2 aliphatic rings.